The molecule has 0 spiro atoms. The van der Waals surface area contributed by atoms with E-state index in [2.05, 4.69) is 0 Å². The molecule has 0 amide bonds. The SMILES string of the molecule is CCOc1cc(CO)cc(C(F)(F)F)c1. The molecule has 1 aromatic rings. The molecule has 0 radical (unpaired) electrons. The van der Waals surface area contributed by atoms with Crippen molar-refractivity contribution in [3.8, 4) is 5.75 Å². The molecule has 0 heterocycles. The van der Waals surface area contributed by atoms with Crippen molar-refractivity contribution in [1.29, 1.82) is 0 Å². The topological polar surface area (TPSA) is 29.5 Å². The largest absolute Gasteiger partial charge is 0.494 e. The highest BCUT2D eigenvalue weighted by molar-refractivity contribution is 5.35. The summed E-state index contributed by atoms with van der Waals surface area (Å²) >= 11 is 0. The van der Waals surface area contributed by atoms with Crippen LogP contribution in [0.2, 0.25) is 0 Å². The number of hydrogen-bond acceptors (Lipinski definition) is 2. The summed E-state index contributed by atoms with van der Waals surface area (Å²) in [6.45, 7) is 1.52. The lowest BCUT2D eigenvalue weighted by molar-refractivity contribution is -0.137. The highest BCUT2D eigenvalue weighted by Crippen LogP contribution is 2.32. The van der Waals surface area contributed by atoms with E-state index in [0.717, 1.165) is 12.1 Å². The van der Waals surface area contributed by atoms with Crippen LogP contribution in [0.1, 0.15) is 18.1 Å². The van der Waals surface area contributed by atoms with Gasteiger partial charge in [0.1, 0.15) is 5.75 Å². The van der Waals surface area contributed by atoms with E-state index in [9.17, 15) is 13.2 Å². The normalized spacial score (nSPS) is 11.5. The Bertz CT molecular complexity index is 334. The van der Waals surface area contributed by atoms with Crippen molar-refractivity contribution in [2.24, 2.45) is 0 Å². The summed E-state index contributed by atoms with van der Waals surface area (Å²) in [7, 11) is 0. The number of alkyl halides is 3. The minimum Gasteiger partial charge on any atom is -0.494 e. The highest BCUT2D eigenvalue weighted by Gasteiger charge is 2.31. The van der Waals surface area contributed by atoms with E-state index >= 15 is 0 Å². The third kappa shape index (κ3) is 3.13. The quantitative estimate of drug-likeness (QED) is 0.848. The Kier molecular flexibility index (Phi) is 3.57. The lowest BCUT2D eigenvalue weighted by Gasteiger charge is -2.11. The summed E-state index contributed by atoms with van der Waals surface area (Å²) in [5, 5.41) is 8.80. The summed E-state index contributed by atoms with van der Waals surface area (Å²) in [5.41, 5.74) is -0.620. The standard InChI is InChI=1S/C10H11F3O2/c1-2-15-9-4-7(6-14)3-8(5-9)10(11,12)13/h3-5,14H,2,6H2,1H3. The molecule has 84 valence electrons. The fraction of sp³-hybridized carbons (Fsp3) is 0.400. The summed E-state index contributed by atoms with van der Waals surface area (Å²) in [4.78, 5) is 0. The molecule has 15 heavy (non-hydrogen) atoms. The van der Waals surface area contributed by atoms with E-state index in [1.54, 1.807) is 6.92 Å². The van der Waals surface area contributed by atoms with Gasteiger partial charge in [-0.05, 0) is 30.7 Å². The number of rotatable bonds is 3. The van der Waals surface area contributed by atoms with Gasteiger partial charge in [0.2, 0.25) is 0 Å². The van der Waals surface area contributed by atoms with Crippen LogP contribution in [0.25, 0.3) is 0 Å². The van der Waals surface area contributed by atoms with Gasteiger partial charge in [-0.3, -0.25) is 0 Å². The average Bonchev–Trinajstić information content (AvgIpc) is 2.16. The fourth-order valence-corrected chi connectivity index (χ4v) is 1.17. The van der Waals surface area contributed by atoms with E-state index in [1.807, 2.05) is 0 Å². The molecule has 2 nitrogen and oxygen atoms in total. The van der Waals surface area contributed by atoms with Gasteiger partial charge in [-0.15, -0.1) is 0 Å². The Hall–Kier alpha value is -1.23. The number of aliphatic hydroxyl groups excluding tert-OH is 1. The number of ether oxygens (including phenoxy) is 1. The first kappa shape index (κ1) is 11.8. The molecular formula is C10H11F3O2. The fourth-order valence-electron chi connectivity index (χ4n) is 1.17. The molecule has 0 aliphatic carbocycles. The van der Waals surface area contributed by atoms with Gasteiger partial charge in [-0.2, -0.15) is 13.2 Å². The number of hydrogen-bond donors (Lipinski definition) is 1. The molecule has 0 saturated carbocycles. The van der Waals surface area contributed by atoms with Gasteiger partial charge in [0.25, 0.3) is 0 Å². The predicted octanol–water partition coefficient (Wildman–Crippen LogP) is 2.60. The molecule has 1 aromatic carbocycles. The first-order chi connectivity index (χ1) is 6.97. The lowest BCUT2D eigenvalue weighted by Crippen LogP contribution is -2.06. The van der Waals surface area contributed by atoms with Crippen LogP contribution >= 0.6 is 0 Å². The molecule has 0 aliphatic heterocycles. The van der Waals surface area contributed by atoms with E-state index in [1.165, 1.54) is 6.07 Å². The van der Waals surface area contributed by atoms with Crippen molar-refractivity contribution >= 4 is 0 Å². The van der Waals surface area contributed by atoms with Crippen LogP contribution in [0, 0.1) is 0 Å². The average molecular weight is 220 g/mol. The van der Waals surface area contributed by atoms with E-state index in [-0.39, 0.29) is 17.9 Å². The van der Waals surface area contributed by atoms with Crippen molar-refractivity contribution in [2.75, 3.05) is 6.61 Å². The molecule has 1 N–H and O–H groups in total. The second kappa shape index (κ2) is 4.53. The zero-order chi connectivity index (χ0) is 11.5. The molecule has 0 saturated heterocycles. The minimum atomic E-state index is -4.42. The van der Waals surface area contributed by atoms with Crippen LogP contribution in [-0.2, 0) is 12.8 Å². The van der Waals surface area contributed by atoms with Gasteiger partial charge in [-0.25, -0.2) is 0 Å². The Morgan fingerprint density at radius 3 is 2.40 bits per heavy atom. The zero-order valence-electron chi connectivity index (χ0n) is 8.14. The van der Waals surface area contributed by atoms with E-state index < -0.39 is 18.3 Å². The van der Waals surface area contributed by atoms with Crippen LogP contribution in [0.5, 0.6) is 5.75 Å². The Balaban J connectivity index is 3.11. The molecule has 0 fully saturated rings. The minimum absolute atomic E-state index is 0.122. The molecule has 1 rings (SSSR count). The number of aliphatic hydroxyl groups is 1. The van der Waals surface area contributed by atoms with Gasteiger partial charge in [0.15, 0.2) is 0 Å². The molecular weight excluding hydrogens is 209 g/mol. The van der Waals surface area contributed by atoms with E-state index in [4.69, 9.17) is 9.84 Å². The number of benzene rings is 1. The van der Waals surface area contributed by atoms with Crippen molar-refractivity contribution in [2.45, 2.75) is 19.7 Å². The lowest BCUT2D eigenvalue weighted by atomic mass is 10.1. The summed E-state index contributed by atoms with van der Waals surface area (Å²) < 4.78 is 42.1. The molecule has 0 aromatic heterocycles. The summed E-state index contributed by atoms with van der Waals surface area (Å²) in [6, 6.07) is 3.21. The maximum Gasteiger partial charge on any atom is 0.416 e. The van der Waals surface area contributed by atoms with Gasteiger partial charge in [-0.1, -0.05) is 0 Å². The van der Waals surface area contributed by atoms with E-state index in [0.29, 0.717) is 0 Å². The van der Waals surface area contributed by atoms with Crippen molar-refractivity contribution in [3.63, 3.8) is 0 Å². The smallest absolute Gasteiger partial charge is 0.416 e. The molecule has 0 unspecified atom stereocenters. The molecule has 0 bridgehead atoms. The Labute approximate surface area is 85.3 Å². The summed E-state index contributed by atoms with van der Waals surface area (Å²) in [6.07, 6.45) is -4.42. The first-order valence-electron chi connectivity index (χ1n) is 4.42. The van der Waals surface area contributed by atoms with Gasteiger partial charge < -0.3 is 9.84 Å². The van der Waals surface area contributed by atoms with Crippen LogP contribution in [0.3, 0.4) is 0 Å². The van der Waals surface area contributed by atoms with Crippen molar-refractivity contribution in [1.82, 2.24) is 0 Å². The maximum absolute atomic E-state index is 12.4. The van der Waals surface area contributed by atoms with Crippen LogP contribution < -0.4 is 4.74 Å². The zero-order valence-corrected chi connectivity index (χ0v) is 8.14. The Morgan fingerprint density at radius 1 is 1.27 bits per heavy atom. The summed E-state index contributed by atoms with van der Waals surface area (Å²) in [5.74, 6) is 0.122. The predicted molar refractivity (Wildman–Crippen MR) is 48.5 cm³/mol. The molecule has 0 aliphatic rings. The van der Waals surface area contributed by atoms with Gasteiger partial charge in [0.05, 0.1) is 18.8 Å². The Morgan fingerprint density at radius 2 is 1.93 bits per heavy atom. The second-order valence-electron chi connectivity index (χ2n) is 2.95. The molecule has 5 heteroatoms. The van der Waals surface area contributed by atoms with Crippen molar-refractivity contribution < 1.29 is 23.0 Å². The second-order valence-corrected chi connectivity index (χ2v) is 2.95. The van der Waals surface area contributed by atoms with Crippen molar-refractivity contribution in [3.05, 3.63) is 29.3 Å². The molecule has 0 atom stereocenters. The third-order valence-corrected chi connectivity index (χ3v) is 1.79. The third-order valence-electron chi connectivity index (χ3n) is 1.79. The monoisotopic (exact) mass is 220 g/mol. The van der Waals surface area contributed by atoms with Gasteiger partial charge in [0, 0.05) is 0 Å². The highest BCUT2D eigenvalue weighted by atomic mass is 19.4. The van der Waals surface area contributed by atoms with Crippen LogP contribution in [0.4, 0.5) is 13.2 Å². The maximum atomic E-state index is 12.4. The number of halogens is 3. The first-order valence-corrected chi connectivity index (χ1v) is 4.42. The van der Waals surface area contributed by atoms with Gasteiger partial charge >= 0.3 is 6.18 Å². The van der Waals surface area contributed by atoms with Crippen LogP contribution in [0.15, 0.2) is 18.2 Å². The van der Waals surface area contributed by atoms with Crippen LogP contribution in [-0.4, -0.2) is 11.7 Å².